The third-order valence-electron chi connectivity index (χ3n) is 4.21. The van der Waals surface area contributed by atoms with Gasteiger partial charge < -0.3 is 10.2 Å². The van der Waals surface area contributed by atoms with E-state index in [1.54, 1.807) is 0 Å². The molecule has 1 N–H and O–H groups in total. The van der Waals surface area contributed by atoms with Gasteiger partial charge in [-0.15, -0.1) is 0 Å². The number of rotatable bonds is 1. The second-order valence-corrected chi connectivity index (χ2v) is 5.22. The maximum absolute atomic E-state index is 10.7. The fourth-order valence-electron chi connectivity index (χ4n) is 3.02. The molecule has 1 aromatic carbocycles. The zero-order chi connectivity index (χ0) is 11.7. The number of amides is 1. The zero-order valence-electron chi connectivity index (χ0n) is 9.98. The molecule has 3 nitrogen and oxygen atoms in total. The Morgan fingerprint density at radius 2 is 1.88 bits per heavy atom. The number of hydrogen-bond acceptors (Lipinski definition) is 2. The summed E-state index contributed by atoms with van der Waals surface area (Å²) in [5.74, 6) is 0. The van der Waals surface area contributed by atoms with E-state index >= 15 is 0 Å². The summed E-state index contributed by atoms with van der Waals surface area (Å²) in [5, 5.41) is 3.69. The van der Waals surface area contributed by atoms with E-state index < -0.39 is 0 Å². The molecule has 2 aliphatic heterocycles. The molecule has 0 aliphatic carbocycles. The summed E-state index contributed by atoms with van der Waals surface area (Å²) in [5.41, 5.74) is 3.13. The number of hydrogen-bond donors (Lipinski definition) is 1. The first-order valence-corrected chi connectivity index (χ1v) is 6.33. The molecule has 0 aromatic heterocycles. The van der Waals surface area contributed by atoms with Crippen molar-refractivity contribution in [3.05, 3.63) is 35.4 Å². The number of benzene rings is 1. The monoisotopic (exact) mass is 230 g/mol. The third-order valence-corrected chi connectivity index (χ3v) is 4.21. The molecule has 17 heavy (non-hydrogen) atoms. The number of nitrogens with zero attached hydrogens (tertiary/aromatic N) is 1. The molecular formula is C14H18N2O. The van der Waals surface area contributed by atoms with Crippen LogP contribution in [0.1, 0.15) is 24.0 Å². The van der Waals surface area contributed by atoms with Crippen molar-refractivity contribution >= 4 is 6.41 Å². The van der Waals surface area contributed by atoms with Crippen LogP contribution in [0, 0.1) is 0 Å². The highest BCUT2D eigenvalue weighted by Crippen LogP contribution is 2.31. The number of carbonyl (C=O) groups excluding carboxylic acids is 1. The van der Waals surface area contributed by atoms with Gasteiger partial charge in [0.1, 0.15) is 0 Å². The van der Waals surface area contributed by atoms with Gasteiger partial charge in [-0.25, -0.2) is 0 Å². The van der Waals surface area contributed by atoms with Crippen molar-refractivity contribution in [3.63, 3.8) is 0 Å². The lowest BCUT2D eigenvalue weighted by Gasteiger charge is -2.44. The highest BCUT2D eigenvalue weighted by atomic mass is 16.1. The van der Waals surface area contributed by atoms with Gasteiger partial charge in [-0.05, 0) is 30.4 Å². The average Bonchev–Trinajstić information content (AvgIpc) is 2.40. The van der Waals surface area contributed by atoms with Gasteiger partial charge in [0.25, 0.3) is 0 Å². The van der Waals surface area contributed by atoms with Gasteiger partial charge in [0.2, 0.25) is 6.41 Å². The van der Waals surface area contributed by atoms with Gasteiger partial charge in [-0.3, -0.25) is 4.79 Å². The average molecular weight is 230 g/mol. The van der Waals surface area contributed by atoms with Crippen LogP contribution in [-0.2, 0) is 17.8 Å². The van der Waals surface area contributed by atoms with Crippen molar-refractivity contribution in [1.29, 1.82) is 0 Å². The smallest absolute Gasteiger partial charge is 0.209 e. The molecule has 0 saturated carbocycles. The van der Waals surface area contributed by atoms with E-state index in [9.17, 15) is 4.79 Å². The molecule has 0 bridgehead atoms. The number of nitrogens with one attached hydrogen (secondary N) is 1. The van der Waals surface area contributed by atoms with Crippen molar-refractivity contribution in [2.75, 3.05) is 13.1 Å². The maximum atomic E-state index is 10.7. The lowest BCUT2D eigenvalue weighted by molar-refractivity contribution is -0.119. The van der Waals surface area contributed by atoms with Gasteiger partial charge >= 0.3 is 0 Å². The van der Waals surface area contributed by atoms with E-state index in [0.717, 1.165) is 45.3 Å². The van der Waals surface area contributed by atoms with Crippen LogP contribution >= 0.6 is 0 Å². The number of likely N-dealkylation sites (tertiary alicyclic amines) is 1. The van der Waals surface area contributed by atoms with Gasteiger partial charge in [-0.2, -0.15) is 0 Å². The van der Waals surface area contributed by atoms with Crippen LogP contribution in [0.25, 0.3) is 0 Å². The van der Waals surface area contributed by atoms with Crippen LogP contribution in [0.15, 0.2) is 24.3 Å². The molecular weight excluding hydrogens is 212 g/mol. The minimum atomic E-state index is 0.230. The SMILES string of the molecule is O=CN1CCC2(CC1)Cc1ccccc1CN2. The normalized spacial score (nSPS) is 22.2. The first-order chi connectivity index (χ1) is 8.31. The summed E-state index contributed by atoms with van der Waals surface area (Å²) in [7, 11) is 0. The van der Waals surface area contributed by atoms with Crippen LogP contribution < -0.4 is 5.32 Å². The molecule has 3 rings (SSSR count). The molecule has 1 amide bonds. The molecule has 1 fully saturated rings. The van der Waals surface area contributed by atoms with Crippen LogP contribution in [0.4, 0.5) is 0 Å². The van der Waals surface area contributed by atoms with E-state index in [4.69, 9.17) is 0 Å². The fraction of sp³-hybridized carbons (Fsp3) is 0.500. The molecule has 0 unspecified atom stereocenters. The van der Waals surface area contributed by atoms with E-state index in [0.29, 0.717) is 0 Å². The van der Waals surface area contributed by atoms with E-state index in [1.165, 1.54) is 11.1 Å². The lowest BCUT2D eigenvalue weighted by Crippen LogP contribution is -2.56. The fourth-order valence-corrected chi connectivity index (χ4v) is 3.02. The van der Waals surface area contributed by atoms with E-state index in [-0.39, 0.29) is 5.54 Å². The van der Waals surface area contributed by atoms with Crippen molar-refractivity contribution in [2.45, 2.75) is 31.3 Å². The highest BCUT2D eigenvalue weighted by molar-refractivity contribution is 5.47. The molecule has 0 radical (unpaired) electrons. The molecule has 2 aliphatic rings. The summed E-state index contributed by atoms with van der Waals surface area (Å²) >= 11 is 0. The standard InChI is InChI=1S/C14H18N2O/c17-11-16-7-5-14(6-8-16)9-12-3-1-2-4-13(12)10-15-14/h1-4,11,15H,5-10H2. The lowest BCUT2D eigenvalue weighted by atomic mass is 9.78. The molecule has 90 valence electrons. The minimum absolute atomic E-state index is 0.230. The van der Waals surface area contributed by atoms with Gasteiger partial charge in [0, 0.05) is 25.2 Å². The van der Waals surface area contributed by atoms with Crippen molar-refractivity contribution in [1.82, 2.24) is 10.2 Å². The van der Waals surface area contributed by atoms with Crippen LogP contribution in [-0.4, -0.2) is 29.9 Å². The summed E-state index contributed by atoms with van der Waals surface area (Å²) in [6.07, 6.45) is 4.22. The Morgan fingerprint density at radius 3 is 2.59 bits per heavy atom. The molecule has 1 saturated heterocycles. The van der Waals surface area contributed by atoms with Gasteiger partial charge in [0.15, 0.2) is 0 Å². The van der Waals surface area contributed by atoms with Crippen LogP contribution in [0.3, 0.4) is 0 Å². The minimum Gasteiger partial charge on any atom is -0.345 e. The molecule has 1 spiro atoms. The Morgan fingerprint density at radius 1 is 1.18 bits per heavy atom. The first-order valence-electron chi connectivity index (χ1n) is 6.33. The van der Waals surface area contributed by atoms with Crippen molar-refractivity contribution in [2.24, 2.45) is 0 Å². The zero-order valence-corrected chi connectivity index (χ0v) is 9.98. The summed E-state index contributed by atoms with van der Waals surface area (Å²) < 4.78 is 0. The Balaban J connectivity index is 1.77. The number of piperidine rings is 1. The summed E-state index contributed by atoms with van der Waals surface area (Å²) in [4.78, 5) is 12.6. The van der Waals surface area contributed by atoms with Crippen molar-refractivity contribution in [3.8, 4) is 0 Å². The Hall–Kier alpha value is -1.35. The summed E-state index contributed by atoms with van der Waals surface area (Å²) in [6.45, 7) is 2.74. The molecule has 2 heterocycles. The Bertz CT molecular complexity index is 422. The largest absolute Gasteiger partial charge is 0.345 e. The molecule has 0 atom stereocenters. The quantitative estimate of drug-likeness (QED) is 0.738. The second-order valence-electron chi connectivity index (χ2n) is 5.22. The maximum Gasteiger partial charge on any atom is 0.209 e. The Kier molecular flexibility index (Phi) is 2.63. The van der Waals surface area contributed by atoms with Crippen molar-refractivity contribution < 1.29 is 4.79 Å². The molecule has 1 aromatic rings. The van der Waals surface area contributed by atoms with Crippen LogP contribution in [0.2, 0.25) is 0 Å². The topological polar surface area (TPSA) is 32.3 Å². The van der Waals surface area contributed by atoms with E-state index in [1.807, 2.05) is 4.90 Å². The Labute approximate surface area is 102 Å². The number of fused-ring (bicyclic) bond motifs is 1. The van der Waals surface area contributed by atoms with Gasteiger partial charge in [0.05, 0.1) is 0 Å². The van der Waals surface area contributed by atoms with E-state index in [2.05, 4.69) is 29.6 Å². The van der Waals surface area contributed by atoms with Crippen LogP contribution in [0.5, 0.6) is 0 Å². The third kappa shape index (κ3) is 1.95. The second kappa shape index (κ2) is 4.15. The number of carbonyl (C=O) groups is 1. The highest BCUT2D eigenvalue weighted by Gasteiger charge is 2.36. The molecule has 3 heteroatoms. The van der Waals surface area contributed by atoms with Gasteiger partial charge in [-0.1, -0.05) is 24.3 Å². The predicted molar refractivity (Wildman–Crippen MR) is 66.6 cm³/mol. The summed E-state index contributed by atoms with van der Waals surface area (Å²) in [6, 6.07) is 8.67. The first kappa shape index (κ1) is 10.8. The predicted octanol–water partition coefficient (Wildman–Crippen LogP) is 1.32.